The highest BCUT2D eigenvalue weighted by molar-refractivity contribution is 6.05. The van der Waals surface area contributed by atoms with Gasteiger partial charge in [0.2, 0.25) is 0 Å². The van der Waals surface area contributed by atoms with Gasteiger partial charge in [-0.15, -0.1) is 0 Å². The number of hydrogen-bond donors (Lipinski definition) is 3. The van der Waals surface area contributed by atoms with Crippen molar-refractivity contribution < 1.29 is 19.5 Å². The zero-order chi connectivity index (χ0) is 20.0. The lowest BCUT2D eigenvalue weighted by atomic mass is 9.95. The van der Waals surface area contributed by atoms with Gasteiger partial charge in [-0.2, -0.15) is 0 Å². The number of anilines is 1. The third-order valence-electron chi connectivity index (χ3n) is 4.40. The number of carbonyl (C=O) groups excluding carboxylic acids is 2. The minimum Gasteiger partial charge on any atom is -0.480 e. The molecule has 0 saturated carbocycles. The molecule has 0 aliphatic heterocycles. The largest absolute Gasteiger partial charge is 0.480 e. The Bertz CT molecular complexity index is 849. The number of rotatable bonds is 7. The van der Waals surface area contributed by atoms with Gasteiger partial charge in [-0.1, -0.05) is 37.6 Å². The van der Waals surface area contributed by atoms with Crippen LogP contribution >= 0.6 is 0 Å². The topological polar surface area (TPSA) is 95.5 Å². The first kappa shape index (κ1) is 20.2. The van der Waals surface area contributed by atoms with Crippen LogP contribution in [0.3, 0.4) is 0 Å². The molecule has 1 unspecified atom stereocenters. The molecule has 142 valence electrons. The summed E-state index contributed by atoms with van der Waals surface area (Å²) >= 11 is 0. The van der Waals surface area contributed by atoms with Gasteiger partial charge in [0.25, 0.3) is 11.8 Å². The fourth-order valence-corrected chi connectivity index (χ4v) is 2.73. The first-order valence-electron chi connectivity index (χ1n) is 8.80. The minimum absolute atomic E-state index is 0.280. The molecule has 0 bridgehead atoms. The summed E-state index contributed by atoms with van der Waals surface area (Å²) in [5.41, 5.74) is 0.750. The highest BCUT2D eigenvalue weighted by Gasteiger charge is 2.34. The van der Waals surface area contributed by atoms with Crippen LogP contribution in [0.15, 0.2) is 48.5 Å². The number of carboxylic acid groups (broad SMARTS) is 1. The quantitative estimate of drug-likeness (QED) is 0.695. The summed E-state index contributed by atoms with van der Waals surface area (Å²) in [5.74, 6) is -1.86. The number of hydrogen-bond acceptors (Lipinski definition) is 3. The van der Waals surface area contributed by atoms with E-state index in [2.05, 4.69) is 10.6 Å². The summed E-state index contributed by atoms with van der Waals surface area (Å²) in [7, 11) is 0. The van der Waals surface area contributed by atoms with Crippen molar-refractivity contribution in [2.45, 2.75) is 39.2 Å². The highest BCUT2D eigenvalue weighted by Crippen LogP contribution is 2.20. The Morgan fingerprint density at radius 3 is 2.26 bits per heavy atom. The molecule has 0 spiro atoms. The maximum absolute atomic E-state index is 12.6. The normalized spacial score (nSPS) is 12.7. The van der Waals surface area contributed by atoms with Crippen LogP contribution in [0, 0.1) is 6.92 Å². The summed E-state index contributed by atoms with van der Waals surface area (Å²) in [6.45, 7) is 5.17. The molecular weight excluding hydrogens is 344 g/mol. The van der Waals surface area contributed by atoms with E-state index in [-0.39, 0.29) is 11.5 Å². The van der Waals surface area contributed by atoms with Crippen LogP contribution in [-0.2, 0) is 4.79 Å². The van der Waals surface area contributed by atoms with Gasteiger partial charge in [0.05, 0.1) is 0 Å². The number of aliphatic carboxylic acids is 1. The van der Waals surface area contributed by atoms with Crippen molar-refractivity contribution in [2.75, 3.05) is 5.32 Å². The van der Waals surface area contributed by atoms with Gasteiger partial charge < -0.3 is 15.7 Å². The molecule has 6 heteroatoms. The third kappa shape index (κ3) is 4.94. The monoisotopic (exact) mass is 368 g/mol. The number of carbonyl (C=O) groups is 3. The van der Waals surface area contributed by atoms with E-state index in [0.29, 0.717) is 24.1 Å². The van der Waals surface area contributed by atoms with E-state index in [0.717, 1.165) is 5.56 Å². The Morgan fingerprint density at radius 2 is 1.67 bits per heavy atom. The molecule has 2 amide bonds. The molecule has 0 radical (unpaired) electrons. The predicted molar refractivity (Wildman–Crippen MR) is 104 cm³/mol. The van der Waals surface area contributed by atoms with Crippen molar-refractivity contribution in [3.05, 3.63) is 65.2 Å². The maximum atomic E-state index is 12.6. The zero-order valence-electron chi connectivity index (χ0n) is 15.7. The number of aryl methyl sites for hydroxylation is 1. The van der Waals surface area contributed by atoms with Gasteiger partial charge in [-0.25, -0.2) is 4.79 Å². The second-order valence-corrected chi connectivity index (χ2v) is 6.69. The lowest BCUT2D eigenvalue weighted by molar-refractivity contribution is -0.144. The van der Waals surface area contributed by atoms with Crippen LogP contribution in [0.2, 0.25) is 0 Å². The Hall–Kier alpha value is -3.15. The Labute approximate surface area is 158 Å². The SMILES string of the molecule is CCCC(C)(NC(=O)c1ccc(C)c(NC(=O)c2ccccc2)c1)C(=O)O. The van der Waals surface area contributed by atoms with Gasteiger partial charge in [0.1, 0.15) is 5.54 Å². The smallest absolute Gasteiger partial charge is 0.329 e. The fourth-order valence-electron chi connectivity index (χ4n) is 2.73. The van der Waals surface area contributed by atoms with Crippen LogP contribution in [0.5, 0.6) is 0 Å². The maximum Gasteiger partial charge on any atom is 0.329 e. The van der Waals surface area contributed by atoms with Crippen molar-refractivity contribution in [3.8, 4) is 0 Å². The summed E-state index contributed by atoms with van der Waals surface area (Å²) < 4.78 is 0. The molecule has 6 nitrogen and oxygen atoms in total. The molecular formula is C21H24N2O4. The van der Waals surface area contributed by atoms with Gasteiger partial charge in [0, 0.05) is 16.8 Å². The van der Waals surface area contributed by atoms with Gasteiger partial charge in [-0.05, 0) is 50.1 Å². The van der Waals surface area contributed by atoms with E-state index in [1.165, 1.54) is 6.92 Å². The lowest BCUT2D eigenvalue weighted by Crippen LogP contribution is -2.52. The molecule has 3 N–H and O–H groups in total. The van der Waals surface area contributed by atoms with E-state index in [1.807, 2.05) is 19.9 Å². The Kier molecular flexibility index (Phi) is 6.34. The van der Waals surface area contributed by atoms with Crippen LogP contribution in [-0.4, -0.2) is 28.4 Å². The van der Waals surface area contributed by atoms with Crippen molar-refractivity contribution in [1.82, 2.24) is 5.32 Å². The minimum atomic E-state index is -1.34. The first-order valence-corrected chi connectivity index (χ1v) is 8.80. The predicted octanol–water partition coefficient (Wildman–Crippen LogP) is 3.62. The van der Waals surface area contributed by atoms with Crippen LogP contribution in [0.25, 0.3) is 0 Å². The van der Waals surface area contributed by atoms with E-state index >= 15 is 0 Å². The molecule has 2 aromatic rings. The third-order valence-corrected chi connectivity index (χ3v) is 4.40. The summed E-state index contributed by atoms with van der Waals surface area (Å²) in [5, 5.41) is 14.8. The molecule has 0 fully saturated rings. The standard InChI is InChI=1S/C21H24N2O4/c1-4-12-21(3,20(26)27)23-19(25)16-11-10-14(2)17(13-16)22-18(24)15-8-6-5-7-9-15/h5-11,13H,4,12H2,1-3H3,(H,22,24)(H,23,25)(H,26,27). The average Bonchev–Trinajstić information content (AvgIpc) is 2.64. The second-order valence-electron chi connectivity index (χ2n) is 6.69. The summed E-state index contributed by atoms with van der Waals surface area (Å²) in [4.78, 5) is 36.5. The van der Waals surface area contributed by atoms with Crippen molar-refractivity contribution in [2.24, 2.45) is 0 Å². The van der Waals surface area contributed by atoms with E-state index < -0.39 is 17.4 Å². The lowest BCUT2D eigenvalue weighted by Gasteiger charge is -2.26. The summed E-state index contributed by atoms with van der Waals surface area (Å²) in [6.07, 6.45) is 0.937. The summed E-state index contributed by atoms with van der Waals surface area (Å²) in [6, 6.07) is 13.6. The van der Waals surface area contributed by atoms with E-state index in [9.17, 15) is 19.5 Å². The van der Waals surface area contributed by atoms with Crippen molar-refractivity contribution >= 4 is 23.5 Å². The number of amides is 2. The molecule has 0 saturated heterocycles. The molecule has 0 aliphatic carbocycles. The molecule has 1 atom stereocenters. The number of benzene rings is 2. The van der Waals surface area contributed by atoms with E-state index in [4.69, 9.17) is 0 Å². The second kappa shape index (κ2) is 8.49. The van der Waals surface area contributed by atoms with Gasteiger partial charge in [0.15, 0.2) is 0 Å². The zero-order valence-corrected chi connectivity index (χ0v) is 15.7. The molecule has 2 rings (SSSR count). The van der Waals surface area contributed by atoms with Crippen molar-refractivity contribution in [1.29, 1.82) is 0 Å². The van der Waals surface area contributed by atoms with Gasteiger partial charge in [-0.3, -0.25) is 9.59 Å². The molecule has 0 aliphatic rings. The van der Waals surface area contributed by atoms with Crippen LogP contribution in [0.1, 0.15) is 53.0 Å². The first-order chi connectivity index (χ1) is 12.8. The fraction of sp³-hybridized carbons (Fsp3) is 0.286. The molecule has 2 aromatic carbocycles. The Balaban J connectivity index is 2.22. The van der Waals surface area contributed by atoms with Gasteiger partial charge >= 0.3 is 5.97 Å². The van der Waals surface area contributed by atoms with Crippen LogP contribution < -0.4 is 10.6 Å². The molecule has 0 aromatic heterocycles. The number of nitrogens with one attached hydrogen (secondary N) is 2. The van der Waals surface area contributed by atoms with Crippen molar-refractivity contribution in [3.63, 3.8) is 0 Å². The number of carboxylic acids is 1. The Morgan fingerprint density at radius 1 is 1.00 bits per heavy atom. The molecule has 0 heterocycles. The molecule has 27 heavy (non-hydrogen) atoms. The average molecular weight is 368 g/mol. The highest BCUT2D eigenvalue weighted by atomic mass is 16.4. The van der Waals surface area contributed by atoms with E-state index in [1.54, 1.807) is 42.5 Å². The van der Waals surface area contributed by atoms with Crippen LogP contribution in [0.4, 0.5) is 5.69 Å².